The largest absolute Gasteiger partial charge is 6.00 e. The fourth-order valence-corrected chi connectivity index (χ4v) is 0. The molecular formula is Ni2O13U2V2. The van der Waals surface area contributed by atoms with Gasteiger partial charge in [0.2, 0.25) is 0 Å². The average molecular weight is 903 g/mol. The summed E-state index contributed by atoms with van der Waals surface area (Å²) in [6, 6.07) is 0. The predicted molar refractivity (Wildman–Crippen MR) is 8.92 cm³/mol. The van der Waals surface area contributed by atoms with Gasteiger partial charge in [0.1, 0.15) is 0 Å². The van der Waals surface area contributed by atoms with Gasteiger partial charge in [0, 0.05) is 0 Å². The van der Waals surface area contributed by atoms with E-state index in [0.29, 0.717) is 0 Å². The fourth-order valence-electron chi connectivity index (χ4n) is 0. The summed E-state index contributed by atoms with van der Waals surface area (Å²) in [5.41, 5.74) is 0. The van der Waals surface area contributed by atoms with Crippen LogP contribution in [-0.4, -0.2) is 0 Å². The molecule has 0 unspecified atom stereocenters. The van der Waals surface area contributed by atoms with Gasteiger partial charge in [0.25, 0.3) is 0 Å². The number of rotatable bonds is 0. The SMILES string of the molecule is [Ni+2].[Ni+2].[O-2].[O-2].[O-2].[O-2].[O-2].[O-2].[O-2].[O-2].[O-2].[O-2].[O-2].[O-2].[O-2].[U+6].[U+6].[V+5].[V+5]. The van der Waals surface area contributed by atoms with Crippen LogP contribution in [0, 0.1) is 62.2 Å². The molecule has 0 atom stereocenters. The second-order valence-corrected chi connectivity index (χ2v) is 0. The molecule has 0 aromatic rings. The second-order valence-electron chi connectivity index (χ2n) is 0. The second kappa shape index (κ2) is 669. The van der Waals surface area contributed by atoms with Crippen LogP contribution in [0.25, 0.3) is 0 Å². The average Bonchev–Trinajstić information content (AvgIpc) is 0. The van der Waals surface area contributed by atoms with Crippen LogP contribution in [0.3, 0.4) is 0 Å². The monoisotopic (exact) mass is 902 g/mol. The molecule has 0 N–H and O–H groups in total. The molecule has 116 valence electrons. The van der Waals surface area contributed by atoms with Crippen LogP contribution in [0.5, 0.6) is 0 Å². The Bertz CT molecular complexity index is 26.6. The van der Waals surface area contributed by atoms with Gasteiger partial charge in [-0.2, -0.15) is 0 Å². The first-order chi connectivity index (χ1) is 0. The summed E-state index contributed by atoms with van der Waals surface area (Å²) in [6.45, 7) is 0. The predicted octanol–water partition coefficient (Wildman–Crippen LogP) is -1.55. The third kappa shape index (κ3) is 606. The zero-order valence-electron chi connectivity index (χ0n) is 7.83. The fraction of sp³-hybridized carbons (Fsp3) is 0. The summed E-state index contributed by atoms with van der Waals surface area (Å²) in [5, 5.41) is 0. The van der Waals surface area contributed by atoms with Crippen molar-refractivity contribution in [1.29, 1.82) is 0 Å². The van der Waals surface area contributed by atoms with E-state index >= 15 is 0 Å². The normalized spacial score (nSPS) is 0. The van der Waals surface area contributed by atoms with Gasteiger partial charge in [0.05, 0.1) is 0 Å². The van der Waals surface area contributed by atoms with E-state index in [1.807, 2.05) is 0 Å². The van der Waals surface area contributed by atoms with Crippen LogP contribution in [-0.2, 0) is 141 Å². The Morgan fingerprint density at radius 1 is 0.211 bits per heavy atom. The van der Waals surface area contributed by atoms with Crippen molar-refractivity contribution in [2.24, 2.45) is 0 Å². The Hall–Kier alpha value is 3.74. The van der Waals surface area contributed by atoms with Gasteiger partial charge in [-0.3, -0.25) is 0 Å². The molecule has 0 aliphatic heterocycles. The molecule has 0 rings (SSSR count). The van der Waals surface area contributed by atoms with E-state index in [2.05, 4.69) is 0 Å². The van der Waals surface area contributed by atoms with E-state index in [0.717, 1.165) is 0 Å². The number of hydrogen-bond donors (Lipinski definition) is 0. The molecule has 0 fully saturated rings. The molecule has 0 amide bonds. The van der Waals surface area contributed by atoms with Crippen LogP contribution < -0.4 is 0 Å². The topological polar surface area (TPSA) is 370 Å². The Balaban J connectivity index is 0. The molecule has 19 heteroatoms. The zero-order chi connectivity index (χ0) is 0. The van der Waals surface area contributed by atoms with Gasteiger partial charge in [-0.15, -0.1) is 0 Å². The van der Waals surface area contributed by atoms with Crippen LogP contribution in [0.15, 0.2) is 0 Å². The first kappa shape index (κ1) is 768. The van der Waals surface area contributed by atoms with Gasteiger partial charge in [-0.25, -0.2) is 0 Å². The third-order valence-corrected chi connectivity index (χ3v) is 0. The Kier molecular flexibility index (Phi) is 27000. The van der Waals surface area contributed by atoms with Gasteiger partial charge < -0.3 is 71.2 Å². The van der Waals surface area contributed by atoms with Gasteiger partial charge in [-0.05, 0) is 0 Å². The first-order valence-corrected chi connectivity index (χ1v) is 0. The van der Waals surface area contributed by atoms with E-state index in [4.69, 9.17) is 0 Å². The summed E-state index contributed by atoms with van der Waals surface area (Å²) in [7, 11) is 0. The number of hydrogen-bond acceptors (Lipinski definition) is 0. The minimum atomic E-state index is 0. The van der Waals surface area contributed by atoms with Crippen molar-refractivity contribution in [3.05, 3.63) is 0 Å². The molecule has 0 heterocycles. The van der Waals surface area contributed by atoms with E-state index < -0.39 is 0 Å². The molecule has 0 aromatic carbocycles. The van der Waals surface area contributed by atoms with Gasteiger partial charge >= 0.3 is 132 Å². The quantitative estimate of drug-likeness (QED) is 0.249. The Labute approximate surface area is 200 Å². The molecular weight excluding hydrogens is 903 g/mol. The third-order valence-electron chi connectivity index (χ3n) is 0. The smallest absolute Gasteiger partial charge is 2.00 e. The van der Waals surface area contributed by atoms with Crippen LogP contribution in [0.1, 0.15) is 0 Å². The minimum absolute atomic E-state index is 0. The van der Waals surface area contributed by atoms with Crippen LogP contribution >= 0.6 is 0 Å². The van der Waals surface area contributed by atoms with Crippen LogP contribution in [0.4, 0.5) is 0 Å². The summed E-state index contributed by atoms with van der Waals surface area (Å²) in [6.07, 6.45) is 0. The van der Waals surface area contributed by atoms with E-state index in [-0.39, 0.29) is 204 Å². The van der Waals surface area contributed by atoms with E-state index in [9.17, 15) is 0 Å². The molecule has 0 bridgehead atoms. The van der Waals surface area contributed by atoms with Crippen molar-refractivity contribution in [2.45, 2.75) is 0 Å². The van der Waals surface area contributed by atoms with Crippen molar-refractivity contribution in [2.75, 3.05) is 0 Å². The molecule has 0 aliphatic carbocycles. The Morgan fingerprint density at radius 3 is 0.211 bits per heavy atom. The molecule has 19 heavy (non-hydrogen) atoms. The van der Waals surface area contributed by atoms with E-state index in [1.54, 1.807) is 0 Å². The maximum atomic E-state index is 0. The standard InChI is InChI=1S/2Ni.13O.2U.2V/q2*+2;13*-2;2*+6;2*+5. The summed E-state index contributed by atoms with van der Waals surface area (Å²) < 4.78 is 0. The Morgan fingerprint density at radius 2 is 0.211 bits per heavy atom. The van der Waals surface area contributed by atoms with Crippen molar-refractivity contribution >= 4 is 0 Å². The van der Waals surface area contributed by atoms with E-state index in [1.165, 1.54) is 0 Å². The minimum Gasteiger partial charge on any atom is -2.00 e. The summed E-state index contributed by atoms with van der Waals surface area (Å²) in [4.78, 5) is 0. The van der Waals surface area contributed by atoms with Crippen molar-refractivity contribution in [3.8, 4) is 0 Å². The van der Waals surface area contributed by atoms with Crippen LogP contribution in [0.2, 0.25) is 0 Å². The molecule has 0 radical (unpaired) electrons. The first-order valence-electron chi connectivity index (χ1n) is 0. The maximum Gasteiger partial charge on any atom is 6.00 e. The van der Waals surface area contributed by atoms with Crippen molar-refractivity contribution in [1.82, 2.24) is 0 Å². The molecule has 13 nitrogen and oxygen atoms in total. The van der Waals surface area contributed by atoms with Gasteiger partial charge in [-0.1, -0.05) is 0 Å². The molecule has 0 aromatic heterocycles. The molecule has 0 saturated heterocycles. The van der Waals surface area contributed by atoms with Gasteiger partial charge in [0.15, 0.2) is 0 Å². The molecule has 0 saturated carbocycles. The summed E-state index contributed by atoms with van der Waals surface area (Å²) >= 11 is 0. The summed E-state index contributed by atoms with van der Waals surface area (Å²) in [5.74, 6) is 0. The molecule has 0 aliphatic rings. The van der Waals surface area contributed by atoms with Crippen molar-refractivity contribution < 1.29 is 204 Å². The van der Waals surface area contributed by atoms with Crippen molar-refractivity contribution in [3.63, 3.8) is 0 Å². The molecule has 0 spiro atoms. The maximum absolute atomic E-state index is 0. The zero-order valence-corrected chi connectivity index (χ0v) is 20.9.